The van der Waals surface area contributed by atoms with Gasteiger partial charge in [-0.2, -0.15) is 0 Å². The average molecular weight is 443 g/mol. The molecule has 0 saturated carbocycles. The zero-order valence-electron chi connectivity index (χ0n) is 19.8. The summed E-state index contributed by atoms with van der Waals surface area (Å²) in [5.41, 5.74) is 7.92. The van der Waals surface area contributed by atoms with Crippen LogP contribution in [0.2, 0.25) is 0 Å². The summed E-state index contributed by atoms with van der Waals surface area (Å²) in [5.74, 6) is 0. The van der Waals surface area contributed by atoms with E-state index in [1.165, 1.54) is 32.9 Å². The maximum absolute atomic E-state index is 5.07. The molecule has 2 N–H and O–H groups in total. The van der Waals surface area contributed by atoms with Gasteiger partial charge in [0, 0.05) is 43.8 Å². The number of benzene rings is 2. The highest BCUT2D eigenvalue weighted by Crippen LogP contribution is 2.44. The Labute approximate surface area is 198 Å². The molecule has 4 aromatic rings. The highest BCUT2D eigenvalue weighted by atomic mass is 14.9. The van der Waals surface area contributed by atoms with Gasteiger partial charge in [0.1, 0.15) is 0 Å². The number of H-pyrrole nitrogens is 2. The standard InChI is InChI=1S/C30H26N4/c1-29(2)23-15-13-21(31-23)22-14-16-24(32-22)30(3,4)28-20-12-8-6-10-18(20)26(34-28)25-17-9-5-7-11-19(17)27(29)33-25/h5-16,33-34H,1-4H3. The van der Waals surface area contributed by atoms with Crippen molar-refractivity contribution in [3.8, 4) is 11.4 Å². The Hall–Kier alpha value is -3.92. The summed E-state index contributed by atoms with van der Waals surface area (Å²) in [6, 6.07) is 17.3. The van der Waals surface area contributed by atoms with Crippen molar-refractivity contribution in [2.24, 2.45) is 9.98 Å². The van der Waals surface area contributed by atoms with E-state index in [4.69, 9.17) is 9.98 Å². The van der Waals surface area contributed by atoms with Crippen molar-refractivity contribution in [3.63, 3.8) is 0 Å². The SMILES string of the molecule is CC1(C)C2=NC(=C3C=CC(=N3)C(C)(C)c3[nH]c(c4ccccc34)-c3[nH]c1c1ccccc31)C=C2. The lowest BCUT2D eigenvalue weighted by molar-refractivity contribution is 0.700. The van der Waals surface area contributed by atoms with Gasteiger partial charge in [-0.25, -0.2) is 0 Å². The van der Waals surface area contributed by atoms with E-state index < -0.39 is 0 Å². The number of rotatable bonds is 0. The van der Waals surface area contributed by atoms with E-state index in [1.807, 2.05) is 0 Å². The van der Waals surface area contributed by atoms with E-state index >= 15 is 0 Å². The van der Waals surface area contributed by atoms with Crippen LogP contribution in [0.3, 0.4) is 0 Å². The molecule has 3 aliphatic rings. The van der Waals surface area contributed by atoms with Gasteiger partial charge in [-0.05, 0) is 52.0 Å². The number of hydrogen-bond acceptors (Lipinski definition) is 2. The van der Waals surface area contributed by atoms with Gasteiger partial charge < -0.3 is 9.97 Å². The number of aromatic amines is 2. The van der Waals surface area contributed by atoms with Crippen molar-refractivity contribution < 1.29 is 0 Å². The predicted octanol–water partition coefficient (Wildman–Crippen LogP) is 7.12. The van der Waals surface area contributed by atoms with Crippen LogP contribution in [0, 0.1) is 0 Å². The van der Waals surface area contributed by atoms with Crippen LogP contribution in [-0.4, -0.2) is 21.4 Å². The number of nitrogens with zero attached hydrogens (tertiary/aromatic N) is 2. The third-order valence-electron chi connectivity index (χ3n) is 7.75. The summed E-state index contributed by atoms with van der Waals surface area (Å²) in [6.45, 7) is 8.99. The summed E-state index contributed by atoms with van der Waals surface area (Å²) in [5, 5.41) is 4.90. The summed E-state index contributed by atoms with van der Waals surface area (Å²) >= 11 is 0. The minimum absolute atomic E-state index is 0.305. The molecule has 0 atom stereocenters. The molecule has 8 bridgehead atoms. The van der Waals surface area contributed by atoms with Crippen LogP contribution in [0.5, 0.6) is 0 Å². The summed E-state index contributed by atoms with van der Waals surface area (Å²) in [6.07, 6.45) is 8.49. The van der Waals surface area contributed by atoms with Crippen LogP contribution in [0.15, 0.2) is 94.2 Å². The van der Waals surface area contributed by atoms with Gasteiger partial charge in [0.05, 0.1) is 34.2 Å². The lowest BCUT2D eigenvalue weighted by atomic mass is 9.82. The molecule has 2 aromatic carbocycles. The molecule has 0 aliphatic carbocycles. The van der Waals surface area contributed by atoms with E-state index in [0.29, 0.717) is 0 Å². The second-order valence-electron chi connectivity index (χ2n) is 10.5. The van der Waals surface area contributed by atoms with Gasteiger partial charge in [-0.1, -0.05) is 48.5 Å². The van der Waals surface area contributed by atoms with E-state index in [0.717, 1.165) is 34.2 Å². The lowest BCUT2D eigenvalue weighted by Crippen LogP contribution is -2.28. The van der Waals surface area contributed by atoms with Crippen molar-refractivity contribution in [1.29, 1.82) is 0 Å². The van der Waals surface area contributed by atoms with E-state index in [2.05, 4.69) is 110 Å². The molecule has 0 fully saturated rings. The first-order valence-electron chi connectivity index (χ1n) is 11.9. The van der Waals surface area contributed by atoms with Crippen LogP contribution in [0.25, 0.3) is 32.9 Å². The zero-order chi connectivity index (χ0) is 23.2. The molecule has 166 valence electrons. The fraction of sp³-hybridized carbons (Fsp3) is 0.200. The van der Waals surface area contributed by atoms with Crippen molar-refractivity contribution in [2.75, 3.05) is 0 Å². The quantitative estimate of drug-likeness (QED) is 0.291. The average Bonchev–Trinajstić information content (AvgIpc) is 3.62. The maximum atomic E-state index is 5.07. The maximum Gasteiger partial charge on any atom is 0.0890 e. The topological polar surface area (TPSA) is 56.3 Å². The third kappa shape index (κ3) is 2.43. The molecule has 5 heterocycles. The fourth-order valence-electron chi connectivity index (χ4n) is 5.70. The Balaban J connectivity index is 1.66. The Morgan fingerprint density at radius 1 is 0.529 bits per heavy atom. The highest BCUT2D eigenvalue weighted by Gasteiger charge is 2.36. The second-order valence-corrected chi connectivity index (χ2v) is 10.5. The summed E-state index contributed by atoms with van der Waals surface area (Å²) in [7, 11) is 0. The molecule has 0 saturated heterocycles. The predicted molar refractivity (Wildman–Crippen MR) is 142 cm³/mol. The van der Waals surface area contributed by atoms with Crippen LogP contribution < -0.4 is 0 Å². The molecule has 4 nitrogen and oxygen atoms in total. The molecular weight excluding hydrogens is 416 g/mol. The molecule has 0 radical (unpaired) electrons. The molecule has 0 spiro atoms. The molecule has 34 heavy (non-hydrogen) atoms. The van der Waals surface area contributed by atoms with E-state index in [9.17, 15) is 0 Å². The number of allylic oxidation sites excluding steroid dienone is 4. The summed E-state index contributed by atoms with van der Waals surface area (Å²) in [4.78, 5) is 17.9. The first kappa shape index (κ1) is 19.5. The summed E-state index contributed by atoms with van der Waals surface area (Å²) < 4.78 is 0. The number of aromatic nitrogens is 2. The van der Waals surface area contributed by atoms with Gasteiger partial charge in [-0.15, -0.1) is 0 Å². The van der Waals surface area contributed by atoms with Crippen molar-refractivity contribution >= 4 is 33.0 Å². The molecule has 0 unspecified atom stereocenters. The molecule has 2 aromatic heterocycles. The molecular formula is C30H26N4. The Bertz CT molecular complexity index is 1570. The fourth-order valence-corrected chi connectivity index (χ4v) is 5.70. The molecule has 0 amide bonds. The monoisotopic (exact) mass is 442 g/mol. The number of hydrogen-bond donors (Lipinski definition) is 2. The Morgan fingerprint density at radius 2 is 0.912 bits per heavy atom. The molecule has 7 rings (SSSR count). The Kier molecular flexibility index (Phi) is 3.65. The van der Waals surface area contributed by atoms with Crippen LogP contribution >= 0.6 is 0 Å². The van der Waals surface area contributed by atoms with Crippen molar-refractivity contribution in [3.05, 3.63) is 95.6 Å². The van der Waals surface area contributed by atoms with Crippen LogP contribution in [-0.2, 0) is 10.8 Å². The minimum Gasteiger partial charge on any atom is -0.355 e. The van der Waals surface area contributed by atoms with Gasteiger partial charge in [0.25, 0.3) is 0 Å². The largest absolute Gasteiger partial charge is 0.355 e. The van der Waals surface area contributed by atoms with Gasteiger partial charge in [-0.3, -0.25) is 9.98 Å². The highest BCUT2D eigenvalue weighted by molar-refractivity contribution is 6.13. The lowest BCUT2D eigenvalue weighted by Gasteiger charge is -2.24. The van der Waals surface area contributed by atoms with Gasteiger partial charge in [0.2, 0.25) is 0 Å². The molecule has 3 aliphatic heterocycles. The number of fused-ring (bicyclic) bond motifs is 13. The first-order valence-corrected chi connectivity index (χ1v) is 11.9. The number of nitrogens with one attached hydrogen (secondary N) is 2. The van der Waals surface area contributed by atoms with E-state index in [1.54, 1.807) is 0 Å². The van der Waals surface area contributed by atoms with Crippen LogP contribution in [0.1, 0.15) is 39.1 Å². The van der Waals surface area contributed by atoms with Crippen molar-refractivity contribution in [2.45, 2.75) is 38.5 Å². The van der Waals surface area contributed by atoms with Crippen LogP contribution in [0.4, 0.5) is 0 Å². The van der Waals surface area contributed by atoms with E-state index in [-0.39, 0.29) is 10.8 Å². The van der Waals surface area contributed by atoms with Gasteiger partial charge in [0.15, 0.2) is 0 Å². The molecule has 4 heteroatoms. The zero-order valence-corrected chi connectivity index (χ0v) is 19.8. The number of aliphatic imine (C=N–C) groups is 2. The minimum atomic E-state index is -0.305. The first-order chi connectivity index (χ1) is 16.4. The van der Waals surface area contributed by atoms with Gasteiger partial charge >= 0.3 is 0 Å². The second kappa shape index (κ2) is 6.35. The smallest absolute Gasteiger partial charge is 0.0890 e. The third-order valence-corrected chi connectivity index (χ3v) is 7.75. The Morgan fingerprint density at radius 3 is 1.32 bits per heavy atom. The van der Waals surface area contributed by atoms with Crippen molar-refractivity contribution in [1.82, 2.24) is 9.97 Å². The normalized spacial score (nSPS) is 19.6.